The summed E-state index contributed by atoms with van der Waals surface area (Å²) in [5.41, 5.74) is 5.54. The molecule has 176 valence electrons. The van der Waals surface area contributed by atoms with Crippen molar-refractivity contribution in [2.75, 3.05) is 11.5 Å². The molecule has 4 aromatic rings. The van der Waals surface area contributed by atoms with Crippen LogP contribution in [-0.4, -0.2) is 28.7 Å². The SMILES string of the molecule is CCOC(=O)c1ccc(N2C(=O)c3[nH]nc(-c4ccc(C)cc4)c3C2c2ccc(Cl)cc2Cl)cc1. The van der Waals surface area contributed by atoms with Crippen molar-refractivity contribution in [3.8, 4) is 11.3 Å². The highest BCUT2D eigenvalue weighted by Crippen LogP contribution is 2.47. The third kappa shape index (κ3) is 4.09. The number of fused-ring (bicyclic) bond motifs is 1. The molecule has 0 aliphatic carbocycles. The van der Waals surface area contributed by atoms with Gasteiger partial charge in [-0.1, -0.05) is 59.1 Å². The Balaban J connectivity index is 1.66. The van der Waals surface area contributed by atoms with Gasteiger partial charge >= 0.3 is 5.97 Å². The number of aryl methyl sites for hydroxylation is 1. The van der Waals surface area contributed by atoms with Gasteiger partial charge < -0.3 is 4.74 Å². The van der Waals surface area contributed by atoms with Gasteiger partial charge in [0.05, 0.1) is 23.9 Å². The highest BCUT2D eigenvalue weighted by Gasteiger charge is 2.43. The predicted molar refractivity (Wildman–Crippen MR) is 136 cm³/mol. The quantitative estimate of drug-likeness (QED) is 0.309. The first-order valence-electron chi connectivity index (χ1n) is 11.1. The van der Waals surface area contributed by atoms with E-state index in [1.165, 1.54) is 0 Å². The summed E-state index contributed by atoms with van der Waals surface area (Å²) in [6.07, 6.45) is 0. The molecule has 2 heterocycles. The Hall–Kier alpha value is -3.61. The highest BCUT2D eigenvalue weighted by atomic mass is 35.5. The highest BCUT2D eigenvalue weighted by molar-refractivity contribution is 6.35. The van der Waals surface area contributed by atoms with E-state index in [0.717, 1.165) is 16.7 Å². The number of aromatic amines is 1. The molecule has 8 heteroatoms. The van der Waals surface area contributed by atoms with E-state index < -0.39 is 12.0 Å². The summed E-state index contributed by atoms with van der Waals surface area (Å²) in [7, 11) is 0. The van der Waals surface area contributed by atoms with E-state index in [9.17, 15) is 9.59 Å². The number of aromatic nitrogens is 2. The van der Waals surface area contributed by atoms with Gasteiger partial charge in [-0.05, 0) is 55.8 Å². The number of H-pyrrole nitrogens is 1. The van der Waals surface area contributed by atoms with Crippen molar-refractivity contribution < 1.29 is 14.3 Å². The summed E-state index contributed by atoms with van der Waals surface area (Å²) in [5, 5.41) is 8.37. The number of anilines is 1. The van der Waals surface area contributed by atoms with Crippen LogP contribution in [0.1, 0.15) is 50.5 Å². The molecule has 1 amide bonds. The smallest absolute Gasteiger partial charge is 0.338 e. The van der Waals surface area contributed by atoms with Crippen LogP contribution >= 0.6 is 23.2 Å². The van der Waals surface area contributed by atoms with Crippen molar-refractivity contribution in [2.24, 2.45) is 0 Å². The topological polar surface area (TPSA) is 75.3 Å². The fourth-order valence-electron chi connectivity index (χ4n) is 4.33. The lowest BCUT2D eigenvalue weighted by atomic mass is 9.95. The number of hydrogen-bond donors (Lipinski definition) is 1. The standard InChI is InChI=1S/C27H21Cl2N3O3/c1-3-35-27(34)17-8-11-19(12-9-17)32-25(20-13-10-18(28)14-21(20)29)22-23(30-31-24(22)26(32)33)16-6-4-15(2)5-7-16/h4-14,25H,3H2,1-2H3,(H,30,31). The van der Waals surface area contributed by atoms with Crippen LogP contribution in [0.5, 0.6) is 0 Å². The lowest BCUT2D eigenvalue weighted by Crippen LogP contribution is -2.29. The minimum absolute atomic E-state index is 0.245. The Bertz CT molecular complexity index is 1430. The van der Waals surface area contributed by atoms with Gasteiger partial charge in [0, 0.05) is 26.9 Å². The number of benzene rings is 3. The van der Waals surface area contributed by atoms with Crippen molar-refractivity contribution in [3.05, 3.63) is 105 Å². The van der Waals surface area contributed by atoms with Crippen LogP contribution in [0, 0.1) is 6.92 Å². The van der Waals surface area contributed by atoms with Crippen LogP contribution in [-0.2, 0) is 4.74 Å². The fraction of sp³-hybridized carbons (Fsp3) is 0.148. The Morgan fingerprint density at radius 3 is 2.43 bits per heavy atom. The Kier molecular flexibility index (Phi) is 6.09. The molecular formula is C27H21Cl2N3O3. The zero-order valence-electron chi connectivity index (χ0n) is 19.0. The normalized spacial score (nSPS) is 14.8. The molecule has 6 nitrogen and oxygen atoms in total. The van der Waals surface area contributed by atoms with Crippen molar-refractivity contribution in [1.82, 2.24) is 10.2 Å². The number of carbonyl (C=O) groups is 2. The molecule has 1 unspecified atom stereocenters. The number of rotatable bonds is 5. The summed E-state index contributed by atoms with van der Waals surface area (Å²) in [4.78, 5) is 27.5. The summed E-state index contributed by atoms with van der Waals surface area (Å²) >= 11 is 12.8. The summed E-state index contributed by atoms with van der Waals surface area (Å²) in [6, 6.07) is 19.4. The summed E-state index contributed by atoms with van der Waals surface area (Å²) in [5.74, 6) is -0.661. The van der Waals surface area contributed by atoms with Gasteiger partial charge in [-0.15, -0.1) is 0 Å². The van der Waals surface area contributed by atoms with E-state index >= 15 is 0 Å². The molecule has 0 bridgehead atoms. The first kappa shape index (κ1) is 23.1. The average molecular weight is 506 g/mol. The maximum atomic E-state index is 13.7. The zero-order valence-corrected chi connectivity index (χ0v) is 20.5. The summed E-state index contributed by atoms with van der Waals surface area (Å²) < 4.78 is 5.08. The second-order valence-corrected chi connectivity index (χ2v) is 9.08. The molecule has 1 aromatic heterocycles. The lowest BCUT2D eigenvalue weighted by Gasteiger charge is -2.27. The van der Waals surface area contributed by atoms with Gasteiger partial charge in [-0.25, -0.2) is 4.79 Å². The van der Waals surface area contributed by atoms with E-state index in [-0.39, 0.29) is 12.5 Å². The van der Waals surface area contributed by atoms with E-state index in [2.05, 4.69) is 10.2 Å². The average Bonchev–Trinajstić information content (AvgIpc) is 3.39. The minimum atomic E-state index is -0.550. The number of hydrogen-bond acceptors (Lipinski definition) is 4. The molecule has 35 heavy (non-hydrogen) atoms. The van der Waals surface area contributed by atoms with Crippen LogP contribution in [0.4, 0.5) is 5.69 Å². The number of carbonyl (C=O) groups excluding carboxylic acids is 2. The Morgan fingerprint density at radius 1 is 1.06 bits per heavy atom. The van der Waals surface area contributed by atoms with E-state index in [4.69, 9.17) is 27.9 Å². The predicted octanol–water partition coefficient (Wildman–Crippen LogP) is 6.62. The molecule has 1 aliphatic rings. The Morgan fingerprint density at radius 2 is 1.77 bits per heavy atom. The first-order chi connectivity index (χ1) is 16.9. The second-order valence-electron chi connectivity index (χ2n) is 8.24. The van der Waals surface area contributed by atoms with E-state index in [1.807, 2.05) is 37.3 Å². The first-order valence-corrected chi connectivity index (χ1v) is 11.9. The monoisotopic (exact) mass is 505 g/mol. The Labute approximate surface area is 212 Å². The number of amides is 1. The van der Waals surface area contributed by atoms with Crippen LogP contribution in [0.2, 0.25) is 10.0 Å². The number of nitrogens with zero attached hydrogens (tertiary/aromatic N) is 2. The van der Waals surface area contributed by atoms with Gasteiger partial charge in [-0.3, -0.25) is 14.8 Å². The third-order valence-corrected chi connectivity index (χ3v) is 6.57. The molecule has 5 rings (SSSR count). The lowest BCUT2D eigenvalue weighted by molar-refractivity contribution is 0.0526. The van der Waals surface area contributed by atoms with Crippen molar-refractivity contribution in [1.29, 1.82) is 0 Å². The maximum Gasteiger partial charge on any atom is 0.338 e. The molecule has 0 saturated heterocycles. The van der Waals surface area contributed by atoms with Gasteiger partial charge in [0.25, 0.3) is 5.91 Å². The molecule has 0 spiro atoms. The van der Waals surface area contributed by atoms with Crippen LogP contribution in [0.3, 0.4) is 0 Å². The molecule has 1 aliphatic heterocycles. The van der Waals surface area contributed by atoms with Crippen LogP contribution in [0.25, 0.3) is 11.3 Å². The summed E-state index contributed by atoms with van der Waals surface area (Å²) in [6.45, 7) is 4.05. The largest absolute Gasteiger partial charge is 0.462 e. The molecule has 0 radical (unpaired) electrons. The van der Waals surface area contributed by atoms with Gasteiger partial charge in [-0.2, -0.15) is 5.10 Å². The minimum Gasteiger partial charge on any atom is -0.462 e. The number of esters is 1. The number of ether oxygens (including phenoxy) is 1. The third-order valence-electron chi connectivity index (χ3n) is 6.01. The van der Waals surface area contributed by atoms with Crippen LogP contribution in [0.15, 0.2) is 66.7 Å². The maximum absolute atomic E-state index is 13.7. The molecular weight excluding hydrogens is 485 g/mol. The second kappa shape index (κ2) is 9.21. The van der Waals surface area contributed by atoms with Crippen molar-refractivity contribution in [2.45, 2.75) is 19.9 Å². The molecule has 0 saturated carbocycles. The van der Waals surface area contributed by atoms with Gasteiger partial charge in [0.1, 0.15) is 5.69 Å². The van der Waals surface area contributed by atoms with Gasteiger partial charge in [0.2, 0.25) is 0 Å². The van der Waals surface area contributed by atoms with Gasteiger partial charge in [0.15, 0.2) is 0 Å². The number of nitrogens with one attached hydrogen (secondary N) is 1. The van der Waals surface area contributed by atoms with E-state index in [0.29, 0.717) is 38.2 Å². The molecule has 0 fully saturated rings. The van der Waals surface area contributed by atoms with E-state index in [1.54, 1.807) is 48.2 Å². The molecule has 1 N–H and O–H groups in total. The van der Waals surface area contributed by atoms with Crippen LogP contribution < -0.4 is 4.90 Å². The molecule has 3 aromatic carbocycles. The zero-order chi connectivity index (χ0) is 24.7. The number of halogens is 2. The molecule has 1 atom stereocenters. The van der Waals surface area contributed by atoms with Crippen molar-refractivity contribution >= 4 is 40.8 Å². The fourth-order valence-corrected chi connectivity index (χ4v) is 4.85. The van der Waals surface area contributed by atoms with Crippen molar-refractivity contribution in [3.63, 3.8) is 0 Å².